The van der Waals surface area contributed by atoms with E-state index in [9.17, 15) is 9.59 Å². The molecule has 104 valence electrons. The molecule has 0 aromatic heterocycles. The van der Waals surface area contributed by atoms with Gasteiger partial charge in [0, 0.05) is 6.42 Å². The summed E-state index contributed by atoms with van der Waals surface area (Å²) in [6.45, 7) is 0. The maximum absolute atomic E-state index is 11.7. The molecule has 0 saturated heterocycles. The van der Waals surface area contributed by atoms with Crippen molar-refractivity contribution in [3.8, 4) is 0 Å². The van der Waals surface area contributed by atoms with Gasteiger partial charge in [0.25, 0.3) is 0 Å². The minimum atomic E-state index is -0.978. The summed E-state index contributed by atoms with van der Waals surface area (Å²) in [6.07, 6.45) is -1.65. The third-order valence-corrected chi connectivity index (χ3v) is 3.25. The Bertz CT molecular complexity index is 642. The molecular weight excluding hydrogens is 278 g/mol. The van der Waals surface area contributed by atoms with E-state index in [-0.39, 0.29) is 18.1 Å². The first-order chi connectivity index (χ1) is 9.60. The van der Waals surface area contributed by atoms with Crippen LogP contribution in [-0.4, -0.2) is 23.9 Å². The number of hydrogen-bond acceptors (Lipinski definition) is 3. The van der Waals surface area contributed by atoms with E-state index in [4.69, 9.17) is 22.1 Å². The topological polar surface area (TPSA) is 69.4 Å². The van der Waals surface area contributed by atoms with Crippen molar-refractivity contribution in [1.82, 2.24) is 0 Å². The maximum Gasteiger partial charge on any atom is 0.405 e. The number of carbonyl (C=O) groups is 2. The largest absolute Gasteiger partial charge is 0.438 e. The summed E-state index contributed by atoms with van der Waals surface area (Å²) >= 11 is 5.51. The molecule has 1 amide bonds. The average molecular weight is 292 g/mol. The van der Waals surface area contributed by atoms with Crippen LogP contribution in [0.4, 0.5) is 4.79 Å². The summed E-state index contributed by atoms with van der Waals surface area (Å²) in [7, 11) is 0. The molecule has 20 heavy (non-hydrogen) atoms. The normalized spacial score (nSPS) is 12.1. The second kappa shape index (κ2) is 6.39. The SMILES string of the molecule is NC(=O)OC(Cc1ccc2ccccc2c1)C(=O)CCl. The van der Waals surface area contributed by atoms with Gasteiger partial charge in [-0.2, -0.15) is 0 Å². The summed E-state index contributed by atoms with van der Waals surface area (Å²) in [6, 6.07) is 13.7. The van der Waals surface area contributed by atoms with Crippen LogP contribution in [0.3, 0.4) is 0 Å². The van der Waals surface area contributed by atoms with Crippen LogP contribution in [-0.2, 0) is 16.0 Å². The van der Waals surface area contributed by atoms with Crippen molar-refractivity contribution in [2.45, 2.75) is 12.5 Å². The minimum absolute atomic E-state index is 0.217. The average Bonchev–Trinajstić information content (AvgIpc) is 2.45. The van der Waals surface area contributed by atoms with E-state index in [2.05, 4.69) is 0 Å². The van der Waals surface area contributed by atoms with Gasteiger partial charge < -0.3 is 10.5 Å². The van der Waals surface area contributed by atoms with Crippen molar-refractivity contribution in [3.63, 3.8) is 0 Å². The Morgan fingerprint density at radius 2 is 1.85 bits per heavy atom. The van der Waals surface area contributed by atoms with Crippen molar-refractivity contribution < 1.29 is 14.3 Å². The highest BCUT2D eigenvalue weighted by molar-refractivity contribution is 6.28. The molecule has 4 nitrogen and oxygen atoms in total. The Kier molecular flexibility index (Phi) is 4.58. The molecule has 0 fully saturated rings. The van der Waals surface area contributed by atoms with Crippen LogP contribution in [0.1, 0.15) is 5.56 Å². The van der Waals surface area contributed by atoms with Gasteiger partial charge in [0.1, 0.15) is 0 Å². The minimum Gasteiger partial charge on any atom is -0.438 e. The van der Waals surface area contributed by atoms with Crippen molar-refractivity contribution in [1.29, 1.82) is 0 Å². The number of rotatable bonds is 5. The number of primary amides is 1. The van der Waals surface area contributed by atoms with Crippen LogP contribution in [0.15, 0.2) is 42.5 Å². The molecular formula is C15H14ClNO3. The highest BCUT2D eigenvalue weighted by Crippen LogP contribution is 2.17. The number of fused-ring (bicyclic) bond motifs is 1. The lowest BCUT2D eigenvalue weighted by atomic mass is 10.0. The van der Waals surface area contributed by atoms with Gasteiger partial charge >= 0.3 is 6.09 Å². The third kappa shape index (κ3) is 3.48. The van der Waals surface area contributed by atoms with E-state index in [0.717, 1.165) is 16.3 Å². The molecule has 5 heteroatoms. The van der Waals surface area contributed by atoms with E-state index in [1.165, 1.54) is 0 Å². The number of carbonyl (C=O) groups excluding carboxylic acids is 2. The zero-order chi connectivity index (χ0) is 14.5. The zero-order valence-corrected chi connectivity index (χ0v) is 11.5. The first kappa shape index (κ1) is 14.3. The lowest BCUT2D eigenvalue weighted by Gasteiger charge is -2.14. The summed E-state index contributed by atoms with van der Waals surface area (Å²) in [5.41, 5.74) is 5.86. The van der Waals surface area contributed by atoms with Gasteiger partial charge in [0.15, 0.2) is 11.9 Å². The van der Waals surface area contributed by atoms with Gasteiger partial charge in [-0.25, -0.2) is 4.79 Å². The Labute approximate surface area is 121 Å². The van der Waals surface area contributed by atoms with Gasteiger partial charge in [0.05, 0.1) is 5.88 Å². The van der Waals surface area contributed by atoms with Crippen LogP contribution >= 0.6 is 11.6 Å². The van der Waals surface area contributed by atoms with Crippen molar-refractivity contribution >= 4 is 34.2 Å². The molecule has 2 aromatic rings. The number of alkyl halides is 1. The lowest BCUT2D eigenvalue weighted by molar-refractivity contribution is -0.124. The smallest absolute Gasteiger partial charge is 0.405 e. The van der Waals surface area contributed by atoms with Crippen molar-refractivity contribution in [2.75, 3.05) is 5.88 Å². The van der Waals surface area contributed by atoms with E-state index >= 15 is 0 Å². The van der Waals surface area contributed by atoms with Gasteiger partial charge in [-0.3, -0.25) is 4.79 Å². The summed E-state index contributed by atoms with van der Waals surface area (Å²) < 4.78 is 4.82. The van der Waals surface area contributed by atoms with E-state index in [1.807, 2.05) is 42.5 Å². The number of ether oxygens (including phenoxy) is 1. The zero-order valence-electron chi connectivity index (χ0n) is 10.7. The van der Waals surface area contributed by atoms with Gasteiger partial charge in [-0.05, 0) is 16.3 Å². The highest BCUT2D eigenvalue weighted by atomic mass is 35.5. The molecule has 0 aliphatic carbocycles. The van der Waals surface area contributed by atoms with Crippen molar-refractivity contribution in [2.24, 2.45) is 5.73 Å². The van der Waals surface area contributed by atoms with Gasteiger partial charge in [0.2, 0.25) is 0 Å². The number of amides is 1. The first-order valence-electron chi connectivity index (χ1n) is 6.12. The second-order valence-electron chi connectivity index (χ2n) is 4.41. The Balaban J connectivity index is 2.23. The monoisotopic (exact) mass is 291 g/mol. The molecule has 1 unspecified atom stereocenters. The molecule has 0 aliphatic rings. The predicted octanol–water partition coefficient (Wildman–Crippen LogP) is 2.65. The molecule has 0 heterocycles. The molecule has 0 aliphatic heterocycles. The van der Waals surface area contributed by atoms with Crippen LogP contribution in [0.5, 0.6) is 0 Å². The van der Waals surface area contributed by atoms with Gasteiger partial charge in [-0.15, -0.1) is 11.6 Å². The van der Waals surface area contributed by atoms with Gasteiger partial charge in [-0.1, -0.05) is 42.5 Å². The summed E-state index contributed by atoms with van der Waals surface area (Å²) in [4.78, 5) is 22.5. The summed E-state index contributed by atoms with van der Waals surface area (Å²) in [5, 5.41) is 2.16. The van der Waals surface area contributed by atoms with Crippen LogP contribution in [0, 0.1) is 0 Å². The van der Waals surface area contributed by atoms with Crippen LogP contribution in [0.25, 0.3) is 10.8 Å². The highest BCUT2D eigenvalue weighted by Gasteiger charge is 2.21. The van der Waals surface area contributed by atoms with E-state index in [0.29, 0.717) is 0 Å². The Hall–Kier alpha value is -2.07. The fraction of sp³-hybridized carbons (Fsp3) is 0.200. The Morgan fingerprint density at radius 3 is 2.50 bits per heavy atom. The molecule has 1 atom stereocenters. The maximum atomic E-state index is 11.7. The second-order valence-corrected chi connectivity index (χ2v) is 4.68. The Morgan fingerprint density at radius 1 is 1.15 bits per heavy atom. The van der Waals surface area contributed by atoms with Crippen LogP contribution < -0.4 is 5.73 Å². The quantitative estimate of drug-likeness (QED) is 0.861. The number of ketones is 1. The lowest BCUT2D eigenvalue weighted by Crippen LogP contribution is -2.32. The molecule has 0 saturated carbocycles. The fourth-order valence-corrected chi connectivity index (χ4v) is 2.20. The predicted molar refractivity (Wildman–Crippen MR) is 77.8 cm³/mol. The standard InChI is InChI=1S/C15H14ClNO3/c16-9-13(18)14(20-15(17)19)8-10-5-6-11-3-1-2-4-12(11)7-10/h1-7,14H,8-9H2,(H2,17,19). The number of hydrogen-bond donors (Lipinski definition) is 1. The molecule has 0 bridgehead atoms. The molecule has 2 rings (SSSR count). The van der Waals surface area contributed by atoms with Crippen LogP contribution in [0.2, 0.25) is 0 Å². The van der Waals surface area contributed by atoms with Crippen molar-refractivity contribution in [3.05, 3.63) is 48.0 Å². The fourth-order valence-electron chi connectivity index (χ4n) is 2.03. The molecule has 0 radical (unpaired) electrons. The third-order valence-electron chi connectivity index (χ3n) is 2.98. The first-order valence-corrected chi connectivity index (χ1v) is 6.66. The summed E-state index contributed by atoms with van der Waals surface area (Å²) in [5.74, 6) is -0.579. The number of nitrogens with two attached hydrogens (primary N) is 1. The van der Waals surface area contributed by atoms with E-state index < -0.39 is 12.2 Å². The number of benzene rings is 2. The molecule has 0 spiro atoms. The number of Topliss-reactive ketones (excluding diaryl/α,β-unsaturated/α-hetero) is 1. The number of halogens is 1. The van der Waals surface area contributed by atoms with E-state index in [1.54, 1.807) is 0 Å². The molecule has 2 N–H and O–H groups in total. The molecule has 2 aromatic carbocycles.